The van der Waals surface area contributed by atoms with Crippen LogP contribution < -0.4 is 0 Å². The molecule has 0 aromatic rings. The molecular formula is C11H20O2. The van der Waals surface area contributed by atoms with Crippen LogP contribution in [0.5, 0.6) is 0 Å². The predicted molar refractivity (Wildman–Crippen MR) is 53.8 cm³/mol. The highest BCUT2D eigenvalue weighted by molar-refractivity contribution is 5.02. The SMILES string of the molecule is CCOCC[C@H]1CC=C[C@H]1OCC. The van der Waals surface area contributed by atoms with Crippen LogP contribution in [0.1, 0.15) is 26.7 Å². The molecule has 0 saturated heterocycles. The van der Waals surface area contributed by atoms with E-state index in [2.05, 4.69) is 12.2 Å². The van der Waals surface area contributed by atoms with Gasteiger partial charge in [-0.2, -0.15) is 0 Å². The van der Waals surface area contributed by atoms with Crippen LogP contribution in [-0.4, -0.2) is 25.9 Å². The molecule has 0 unspecified atom stereocenters. The third-order valence-corrected chi connectivity index (χ3v) is 2.43. The smallest absolute Gasteiger partial charge is 0.0787 e. The van der Waals surface area contributed by atoms with Crippen LogP contribution in [0.4, 0.5) is 0 Å². The third-order valence-electron chi connectivity index (χ3n) is 2.43. The van der Waals surface area contributed by atoms with Crippen molar-refractivity contribution in [2.45, 2.75) is 32.8 Å². The second kappa shape index (κ2) is 6.17. The van der Waals surface area contributed by atoms with Gasteiger partial charge in [0.15, 0.2) is 0 Å². The van der Waals surface area contributed by atoms with Gasteiger partial charge in [-0.3, -0.25) is 0 Å². The zero-order valence-corrected chi connectivity index (χ0v) is 8.66. The van der Waals surface area contributed by atoms with Crippen LogP contribution in [0.15, 0.2) is 12.2 Å². The number of hydrogen-bond donors (Lipinski definition) is 0. The first-order chi connectivity index (χ1) is 6.38. The van der Waals surface area contributed by atoms with Gasteiger partial charge in [-0.1, -0.05) is 12.2 Å². The molecule has 0 aromatic heterocycles. The van der Waals surface area contributed by atoms with Crippen molar-refractivity contribution in [3.63, 3.8) is 0 Å². The quantitative estimate of drug-likeness (QED) is 0.466. The van der Waals surface area contributed by atoms with Gasteiger partial charge in [0, 0.05) is 19.8 Å². The average molecular weight is 184 g/mol. The Balaban J connectivity index is 2.17. The number of ether oxygens (including phenoxy) is 2. The van der Waals surface area contributed by atoms with Crippen LogP contribution >= 0.6 is 0 Å². The Kier molecular flexibility index (Phi) is 5.09. The highest BCUT2D eigenvalue weighted by atomic mass is 16.5. The lowest BCUT2D eigenvalue weighted by Crippen LogP contribution is -2.19. The maximum atomic E-state index is 5.60. The summed E-state index contributed by atoms with van der Waals surface area (Å²) in [5, 5.41) is 0. The van der Waals surface area contributed by atoms with E-state index in [1.807, 2.05) is 13.8 Å². The van der Waals surface area contributed by atoms with E-state index in [9.17, 15) is 0 Å². The molecular weight excluding hydrogens is 164 g/mol. The molecule has 0 bridgehead atoms. The van der Waals surface area contributed by atoms with Gasteiger partial charge in [0.05, 0.1) is 6.10 Å². The summed E-state index contributed by atoms with van der Waals surface area (Å²) in [5.41, 5.74) is 0. The number of hydrogen-bond acceptors (Lipinski definition) is 2. The van der Waals surface area contributed by atoms with Gasteiger partial charge in [0.25, 0.3) is 0 Å². The number of allylic oxidation sites excluding steroid dienone is 1. The van der Waals surface area contributed by atoms with E-state index < -0.39 is 0 Å². The molecule has 1 aliphatic rings. The van der Waals surface area contributed by atoms with E-state index in [0.29, 0.717) is 12.0 Å². The molecule has 0 aromatic carbocycles. The molecule has 0 heterocycles. The summed E-state index contributed by atoms with van der Waals surface area (Å²) < 4.78 is 10.9. The van der Waals surface area contributed by atoms with Crippen molar-refractivity contribution in [2.75, 3.05) is 19.8 Å². The average Bonchev–Trinajstić information content (AvgIpc) is 2.54. The van der Waals surface area contributed by atoms with Crippen LogP contribution in [0.25, 0.3) is 0 Å². The standard InChI is InChI=1S/C11H20O2/c1-3-12-9-8-10-6-5-7-11(10)13-4-2/h5,7,10-11H,3-4,6,8-9H2,1-2H3/t10-,11-/m1/s1. The molecule has 0 amide bonds. The fourth-order valence-corrected chi connectivity index (χ4v) is 1.72. The summed E-state index contributed by atoms with van der Waals surface area (Å²) in [6, 6.07) is 0. The lowest BCUT2D eigenvalue weighted by molar-refractivity contribution is 0.0433. The Labute approximate surface area is 80.9 Å². The van der Waals surface area contributed by atoms with Gasteiger partial charge >= 0.3 is 0 Å². The van der Waals surface area contributed by atoms with E-state index in [4.69, 9.17) is 9.47 Å². The summed E-state index contributed by atoms with van der Waals surface area (Å²) in [6.07, 6.45) is 7.01. The van der Waals surface area contributed by atoms with Gasteiger partial charge in [-0.15, -0.1) is 0 Å². The van der Waals surface area contributed by atoms with E-state index in [1.54, 1.807) is 0 Å². The molecule has 0 N–H and O–H groups in total. The van der Waals surface area contributed by atoms with Crippen molar-refractivity contribution >= 4 is 0 Å². The predicted octanol–water partition coefficient (Wildman–Crippen LogP) is 2.39. The molecule has 0 radical (unpaired) electrons. The first-order valence-electron chi connectivity index (χ1n) is 5.24. The van der Waals surface area contributed by atoms with Crippen molar-refractivity contribution in [1.82, 2.24) is 0 Å². The van der Waals surface area contributed by atoms with Gasteiger partial charge in [0.1, 0.15) is 0 Å². The van der Waals surface area contributed by atoms with Gasteiger partial charge in [-0.05, 0) is 32.6 Å². The van der Waals surface area contributed by atoms with Gasteiger partial charge < -0.3 is 9.47 Å². The topological polar surface area (TPSA) is 18.5 Å². The van der Waals surface area contributed by atoms with Crippen LogP contribution in [-0.2, 0) is 9.47 Å². The molecule has 2 atom stereocenters. The fourth-order valence-electron chi connectivity index (χ4n) is 1.72. The van der Waals surface area contributed by atoms with Gasteiger partial charge in [0.2, 0.25) is 0 Å². The second-order valence-corrected chi connectivity index (χ2v) is 3.33. The fraction of sp³-hybridized carbons (Fsp3) is 0.818. The molecule has 0 spiro atoms. The summed E-state index contributed by atoms with van der Waals surface area (Å²) in [5.74, 6) is 0.645. The monoisotopic (exact) mass is 184 g/mol. The van der Waals surface area contributed by atoms with E-state index in [-0.39, 0.29) is 0 Å². The lowest BCUT2D eigenvalue weighted by atomic mass is 10.0. The zero-order valence-electron chi connectivity index (χ0n) is 8.66. The molecule has 0 fully saturated rings. The summed E-state index contributed by atoms with van der Waals surface area (Å²) in [6.45, 7) is 6.57. The molecule has 2 heteroatoms. The molecule has 0 saturated carbocycles. The van der Waals surface area contributed by atoms with E-state index >= 15 is 0 Å². The molecule has 13 heavy (non-hydrogen) atoms. The molecule has 76 valence electrons. The maximum absolute atomic E-state index is 5.60. The minimum atomic E-state index is 0.338. The van der Waals surface area contributed by atoms with Crippen LogP contribution in [0, 0.1) is 5.92 Å². The highest BCUT2D eigenvalue weighted by Crippen LogP contribution is 2.24. The van der Waals surface area contributed by atoms with Crippen molar-refractivity contribution in [2.24, 2.45) is 5.92 Å². The minimum absolute atomic E-state index is 0.338. The Morgan fingerprint density at radius 3 is 2.85 bits per heavy atom. The normalized spacial score (nSPS) is 26.9. The summed E-state index contributed by atoms with van der Waals surface area (Å²) in [7, 11) is 0. The summed E-state index contributed by atoms with van der Waals surface area (Å²) >= 11 is 0. The molecule has 0 aliphatic heterocycles. The molecule has 1 aliphatic carbocycles. The van der Waals surface area contributed by atoms with Crippen molar-refractivity contribution in [3.05, 3.63) is 12.2 Å². The molecule has 2 nitrogen and oxygen atoms in total. The third kappa shape index (κ3) is 3.49. The highest BCUT2D eigenvalue weighted by Gasteiger charge is 2.22. The van der Waals surface area contributed by atoms with E-state index in [0.717, 1.165) is 32.7 Å². The Morgan fingerprint density at radius 2 is 2.15 bits per heavy atom. The van der Waals surface area contributed by atoms with Crippen molar-refractivity contribution < 1.29 is 9.47 Å². The van der Waals surface area contributed by atoms with Crippen molar-refractivity contribution in [1.29, 1.82) is 0 Å². The van der Waals surface area contributed by atoms with E-state index in [1.165, 1.54) is 0 Å². The van der Waals surface area contributed by atoms with Crippen LogP contribution in [0.2, 0.25) is 0 Å². The first kappa shape index (κ1) is 10.7. The second-order valence-electron chi connectivity index (χ2n) is 3.33. The lowest BCUT2D eigenvalue weighted by Gasteiger charge is -2.18. The first-order valence-corrected chi connectivity index (χ1v) is 5.24. The van der Waals surface area contributed by atoms with Crippen molar-refractivity contribution in [3.8, 4) is 0 Å². The largest absolute Gasteiger partial charge is 0.382 e. The Hall–Kier alpha value is -0.340. The zero-order chi connectivity index (χ0) is 9.52. The Morgan fingerprint density at radius 1 is 1.31 bits per heavy atom. The molecule has 1 rings (SSSR count). The van der Waals surface area contributed by atoms with Crippen LogP contribution in [0.3, 0.4) is 0 Å². The minimum Gasteiger partial charge on any atom is -0.382 e. The van der Waals surface area contributed by atoms with Gasteiger partial charge in [-0.25, -0.2) is 0 Å². The maximum Gasteiger partial charge on any atom is 0.0787 e. The number of rotatable bonds is 6. The summed E-state index contributed by atoms with van der Waals surface area (Å²) in [4.78, 5) is 0. The Bertz CT molecular complexity index is 154.